The first-order valence-electron chi connectivity index (χ1n) is 9.38. The van der Waals surface area contributed by atoms with Crippen LogP contribution in [0, 0.1) is 6.92 Å². The minimum atomic E-state index is -0.235. The smallest absolute Gasteiger partial charge is 0.267 e. The summed E-state index contributed by atoms with van der Waals surface area (Å²) in [6.45, 7) is 7.10. The number of carbonyl (C=O) groups excluding carboxylic acids is 1. The van der Waals surface area contributed by atoms with Crippen molar-refractivity contribution in [3.63, 3.8) is 0 Å². The number of carbonyl (C=O) groups is 1. The Balaban J connectivity index is 1.98. The number of hydrogen-bond acceptors (Lipinski definition) is 7. The number of aryl methyl sites for hydroxylation is 1. The lowest BCUT2D eigenvalue weighted by atomic mass is 10.2. The normalized spacial score (nSPS) is 15.9. The molecule has 1 aliphatic heterocycles. The number of thioether (sulfide) groups is 1. The molecule has 0 radical (unpaired) electrons. The van der Waals surface area contributed by atoms with Crippen molar-refractivity contribution in [2.45, 2.75) is 33.3 Å². The second-order valence-electron chi connectivity index (χ2n) is 7.05. The largest absolute Gasteiger partial charge is 0.379 e. The topological polar surface area (TPSA) is 75.9 Å². The fourth-order valence-corrected chi connectivity index (χ4v) is 3.96. The van der Waals surface area contributed by atoms with Gasteiger partial charge in [-0.1, -0.05) is 30.0 Å². The highest BCUT2D eigenvalue weighted by Crippen LogP contribution is 2.31. The first-order valence-corrected chi connectivity index (χ1v) is 10.6. The standard InChI is InChI=1S/C20H24N4O3S2/c1-12(2)27-9-5-8-21-17-14(10-15-19(26)23(4)20(28)29-15)18(25)24-11-13(3)6-7-16(24)22-17/h6-7,10-12,21H,5,8-9H2,1-4H3. The first kappa shape index (κ1) is 21.5. The third-order valence-corrected chi connectivity index (χ3v) is 5.82. The first-order chi connectivity index (χ1) is 13.8. The van der Waals surface area contributed by atoms with Crippen LogP contribution in [0.3, 0.4) is 0 Å². The minimum Gasteiger partial charge on any atom is -0.379 e. The van der Waals surface area contributed by atoms with Gasteiger partial charge in [0.25, 0.3) is 11.5 Å². The molecule has 1 saturated heterocycles. The molecule has 0 aromatic carbocycles. The lowest BCUT2D eigenvalue weighted by Crippen LogP contribution is -2.23. The Morgan fingerprint density at radius 2 is 2.10 bits per heavy atom. The van der Waals surface area contributed by atoms with E-state index in [9.17, 15) is 9.59 Å². The maximum atomic E-state index is 13.2. The lowest BCUT2D eigenvalue weighted by molar-refractivity contribution is -0.121. The van der Waals surface area contributed by atoms with Crippen LogP contribution < -0.4 is 10.9 Å². The van der Waals surface area contributed by atoms with E-state index in [0.717, 1.165) is 12.0 Å². The Labute approximate surface area is 179 Å². The summed E-state index contributed by atoms with van der Waals surface area (Å²) < 4.78 is 7.52. The maximum absolute atomic E-state index is 13.2. The van der Waals surface area contributed by atoms with Crippen molar-refractivity contribution < 1.29 is 9.53 Å². The number of anilines is 1. The van der Waals surface area contributed by atoms with Gasteiger partial charge in [-0.05, 0) is 44.9 Å². The number of thiocarbonyl (C=S) groups is 1. The predicted octanol–water partition coefficient (Wildman–Crippen LogP) is 3.06. The molecule has 0 bridgehead atoms. The molecule has 29 heavy (non-hydrogen) atoms. The number of pyridine rings is 1. The molecule has 0 atom stereocenters. The number of likely N-dealkylation sites (N-methyl/N-ethyl adjacent to an activating group) is 1. The van der Waals surface area contributed by atoms with Gasteiger partial charge in [-0.25, -0.2) is 4.98 Å². The highest BCUT2D eigenvalue weighted by atomic mass is 32.2. The molecule has 2 aromatic rings. The summed E-state index contributed by atoms with van der Waals surface area (Å²) in [6.07, 6.45) is 4.27. The number of aromatic nitrogens is 2. The van der Waals surface area contributed by atoms with Gasteiger partial charge in [0.2, 0.25) is 0 Å². The van der Waals surface area contributed by atoms with E-state index in [1.165, 1.54) is 21.1 Å². The van der Waals surface area contributed by atoms with Gasteiger partial charge in [0.05, 0.1) is 16.6 Å². The van der Waals surface area contributed by atoms with Crippen molar-refractivity contribution in [2.24, 2.45) is 0 Å². The van der Waals surface area contributed by atoms with E-state index in [4.69, 9.17) is 17.0 Å². The van der Waals surface area contributed by atoms with Gasteiger partial charge in [0.15, 0.2) is 0 Å². The second kappa shape index (κ2) is 9.06. The fraction of sp³-hybridized carbons (Fsp3) is 0.400. The van der Waals surface area contributed by atoms with Gasteiger partial charge in [0.1, 0.15) is 15.8 Å². The van der Waals surface area contributed by atoms with Crippen molar-refractivity contribution in [3.05, 3.63) is 44.7 Å². The third-order valence-electron chi connectivity index (χ3n) is 4.33. The summed E-state index contributed by atoms with van der Waals surface area (Å²) >= 11 is 6.37. The van der Waals surface area contributed by atoms with Crippen LogP contribution in [0.25, 0.3) is 11.7 Å². The molecule has 1 fully saturated rings. The van der Waals surface area contributed by atoms with Crippen molar-refractivity contribution in [3.8, 4) is 0 Å². The van der Waals surface area contributed by atoms with Gasteiger partial charge in [0, 0.05) is 26.4 Å². The SMILES string of the molecule is Cc1ccc2nc(NCCCOC(C)C)c(C=C3SC(=S)N(C)C3=O)c(=O)n2c1. The van der Waals surface area contributed by atoms with E-state index >= 15 is 0 Å². The molecule has 1 amide bonds. The van der Waals surface area contributed by atoms with Crippen LogP contribution >= 0.6 is 24.0 Å². The number of hydrogen-bond donors (Lipinski definition) is 1. The molecule has 3 rings (SSSR count). The number of ether oxygens (including phenoxy) is 1. The van der Waals surface area contributed by atoms with E-state index in [2.05, 4.69) is 10.3 Å². The average Bonchev–Trinajstić information content (AvgIpc) is 2.91. The molecular formula is C20H24N4O3S2. The number of nitrogens with one attached hydrogen (secondary N) is 1. The van der Waals surface area contributed by atoms with Gasteiger partial charge in [-0.2, -0.15) is 0 Å². The Morgan fingerprint density at radius 1 is 1.34 bits per heavy atom. The molecule has 0 unspecified atom stereocenters. The zero-order valence-corrected chi connectivity index (χ0v) is 18.5. The van der Waals surface area contributed by atoms with Crippen LogP contribution in [0.2, 0.25) is 0 Å². The van der Waals surface area contributed by atoms with Gasteiger partial charge in [-0.3, -0.25) is 18.9 Å². The number of amides is 1. The van der Waals surface area contributed by atoms with Crippen molar-refractivity contribution >= 4 is 51.7 Å². The van der Waals surface area contributed by atoms with Crippen LogP contribution in [0.15, 0.2) is 28.0 Å². The second-order valence-corrected chi connectivity index (χ2v) is 8.73. The van der Waals surface area contributed by atoms with E-state index in [0.29, 0.717) is 39.4 Å². The molecule has 9 heteroatoms. The summed E-state index contributed by atoms with van der Waals surface area (Å²) in [7, 11) is 1.63. The molecule has 3 heterocycles. The van der Waals surface area contributed by atoms with Crippen molar-refractivity contribution in [1.82, 2.24) is 14.3 Å². The van der Waals surface area contributed by atoms with Crippen LogP contribution in [-0.4, -0.2) is 50.8 Å². The Hall–Kier alpha value is -2.23. The average molecular weight is 433 g/mol. The molecule has 1 aliphatic rings. The fourth-order valence-electron chi connectivity index (χ4n) is 2.80. The summed E-state index contributed by atoms with van der Waals surface area (Å²) in [5.41, 5.74) is 1.59. The predicted molar refractivity (Wildman–Crippen MR) is 121 cm³/mol. The molecule has 0 saturated carbocycles. The monoisotopic (exact) mass is 432 g/mol. The van der Waals surface area contributed by atoms with E-state index in [1.54, 1.807) is 25.4 Å². The van der Waals surface area contributed by atoms with E-state index in [1.807, 2.05) is 26.8 Å². The summed E-state index contributed by atoms with van der Waals surface area (Å²) in [6, 6.07) is 3.71. The molecule has 0 aliphatic carbocycles. The molecule has 154 valence electrons. The van der Waals surface area contributed by atoms with Crippen LogP contribution in [0.1, 0.15) is 31.4 Å². The lowest BCUT2D eigenvalue weighted by Gasteiger charge is -2.12. The molecule has 1 N–H and O–H groups in total. The number of fused-ring (bicyclic) bond motifs is 1. The van der Waals surface area contributed by atoms with Crippen molar-refractivity contribution in [2.75, 3.05) is 25.5 Å². The minimum absolute atomic E-state index is 0.174. The van der Waals surface area contributed by atoms with Crippen LogP contribution in [0.4, 0.5) is 5.82 Å². The number of rotatable bonds is 7. The number of nitrogens with zero attached hydrogens (tertiary/aromatic N) is 3. The van der Waals surface area contributed by atoms with Crippen LogP contribution in [-0.2, 0) is 9.53 Å². The van der Waals surface area contributed by atoms with Crippen LogP contribution in [0.5, 0.6) is 0 Å². The highest BCUT2D eigenvalue weighted by Gasteiger charge is 2.29. The Bertz CT molecular complexity index is 1050. The quantitative estimate of drug-likeness (QED) is 0.409. The zero-order chi connectivity index (χ0) is 21.1. The van der Waals surface area contributed by atoms with Crippen molar-refractivity contribution in [1.29, 1.82) is 0 Å². The zero-order valence-electron chi connectivity index (χ0n) is 16.9. The summed E-state index contributed by atoms with van der Waals surface area (Å²) in [4.78, 5) is 32.0. The van der Waals surface area contributed by atoms with E-state index < -0.39 is 0 Å². The van der Waals surface area contributed by atoms with Gasteiger partial charge >= 0.3 is 0 Å². The third kappa shape index (κ3) is 4.85. The highest BCUT2D eigenvalue weighted by molar-refractivity contribution is 8.26. The van der Waals surface area contributed by atoms with Gasteiger partial charge < -0.3 is 10.1 Å². The molecule has 0 spiro atoms. The molecule has 7 nitrogen and oxygen atoms in total. The summed E-state index contributed by atoms with van der Waals surface area (Å²) in [5.74, 6) is 0.231. The Morgan fingerprint density at radius 3 is 2.76 bits per heavy atom. The Kier molecular flexibility index (Phi) is 6.71. The maximum Gasteiger partial charge on any atom is 0.267 e. The molecular weight excluding hydrogens is 408 g/mol. The van der Waals surface area contributed by atoms with E-state index in [-0.39, 0.29) is 17.6 Å². The van der Waals surface area contributed by atoms with Gasteiger partial charge in [-0.15, -0.1) is 0 Å². The summed E-state index contributed by atoms with van der Waals surface area (Å²) in [5, 5.41) is 3.23. The molecule has 2 aromatic heterocycles.